The summed E-state index contributed by atoms with van der Waals surface area (Å²) in [6.45, 7) is 9.29. The first-order valence-corrected chi connectivity index (χ1v) is 8.55. The van der Waals surface area contributed by atoms with E-state index in [1.54, 1.807) is 0 Å². The van der Waals surface area contributed by atoms with Crippen LogP contribution >= 0.6 is 0 Å². The highest BCUT2D eigenvalue weighted by molar-refractivity contribution is 4.83. The van der Waals surface area contributed by atoms with Gasteiger partial charge in [-0.25, -0.2) is 0 Å². The molecule has 0 aliphatic rings. The SMILES string of the molecule is C=CCCC(CN)(CCCCCC)CCCCCC. The molecule has 19 heavy (non-hydrogen) atoms. The van der Waals surface area contributed by atoms with Crippen molar-refractivity contribution in [3.05, 3.63) is 12.7 Å². The van der Waals surface area contributed by atoms with Crippen molar-refractivity contribution in [1.82, 2.24) is 0 Å². The quantitative estimate of drug-likeness (QED) is 0.310. The predicted molar refractivity (Wildman–Crippen MR) is 88.4 cm³/mol. The summed E-state index contributed by atoms with van der Waals surface area (Å²) in [6.07, 6.45) is 17.9. The second-order valence-corrected chi connectivity index (χ2v) is 6.15. The van der Waals surface area contributed by atoms with Crippen molar-refractivity contribution < 1.29 is 0 Å². The first kappa shape index (κ1) is 18.7. The van der Waals surface area contributed by atoms with Gasteiger partial charge in [-0.3, -0.25) is 0 Å². The molecule has 0 amide bonds. The normalized spacial score (nSPS) is 11.7. The van der Waals surface area contributed by atoms with Crippen LogP contribution in [0.2, 0.25) is 0 Å². The van der Waals surface area contributed by atoms with E-state index in [2.05, 4.69) is 26.5 Å². The van der Waals surface area contributed by atoms with Crippen molar-refractivity contribution in [2.24, 2.45) is 11.1 Å². The van der Waals surface area contributed by atoms with Crippen molar-refractivity contribution in [3.63, 3.8) is 0 Å². The van der Waals surface area contributed by atoms with Gasteiger partial charge in [0.15, 0.2) is 0 Å². The van der Waals surface area contributed by atoms with Crippen LogP contribution in [0.25, 0.3) is 0 Å². The molecule has 0 saturated heterocycles. The summed E-state index contributed by atoms with van der Waals surface area (Å²) in [5, 5.41) is 0. The van der Waals surface area contributed by atoms with Crippen LogP contribution in [-0.2, 0) is 0 Å². The first-order chi connectivity index (χ1) is 9.24. The standard InChI is InChI=1S/C18H37N/c1-4-7-10-12-15-18(17-19,14-9-6-3)16-13-11-8-5-2/h6H,3-5,7-17,19H2,1-2H3. The molecule has 0 rings (SSSR count). The smallest absolute Gasteiger partial charge is 0.00204 e. The van der Waals surface area contributed by atoms with Crippen molar-refractivity contribution >= 4 is 0 Å². The topological polar surface area (TPSA) is 26.0 Å². The molecule has 0 spiro atoms. The summed E-state index contributed by atoms with van der Waals surface area (Å²) >= 11 is 0. The molecule has 1 nitrogen and oxygen atoms in total. The van der Waals surface area contributed by atoms with Gasteiger partial charge in [0.2, 0.25) is 0 Å². The molecule has 0 aliphatic carbocycles. The van der Waals surface area contributed by atoms with Crippen molar-refractivity contribution in [2.45, 2.75) is 90.9 Å². The molecule has 0 unspecified atom stereocenters. The van der Waals surface area contributed by atoms with E-state index in [1.165, 1.54) is 70.6 Å². The molecule has 1 heteroatoms. The Hall–Kier alpha value is -0.300. The zero-order valence-corrected chi connectivity index (χ0v) is 13.6. The average molecular weight is 268 g/mol. The van der Waals surface area contributed by atoms with Gasteiger partial charge in [0.05, 0.1) is 0 Å². The molecule has 0 aromatic heterocycles. The summed E-state index contributed by atoms with van der Waals surface area (Å²) in [5.41, 5.74) is 6.54. The number of unbranched alkanes of at least 4 members (excludes halogenated alkanes) is 6. The summed E-state index contributed by atoms with van der Waals surface area (Å²) in [5.74, 6) is 0. The highest BCUT2D eigenvalue weighted by Gasteiger charge is 2.26. The first-order valence-electron chi connectivity index (χ1n) is 8.55. The summed E-state index contributed by atoms with van der Waals surface area (Å²) in [6, 6.07) is 0. The third-order valence-electron chi connectivity index (χ3n) is 4.43. The number of allylic oxidation sites excluding steroid dienone is 1. The molecule has 0 bridgehead atoms. The Morgan fingerprint density at radius 3 is 1.74 bits per heavy atom. The van der Waals surface area contributed by atoms with Crippen LogP contribution in [0.3, 0.4) is 0 Å². The lowest BCUT2D eigenvalue weighted by Gasteiger charge is -2.33. The number of hydrogen-bond donors (Lipinski definition) is 1. The highest BCUT2D eigenvalue weighted by atomic mass is 14.6. The molecule has 0 atom stereocenters. The minimum absolute atomic E-state index is 0.398. The van der Waals surface area contributed by atoms with Gasteiger partial charge in [-0.15, -0.1) is 6.58 Å². The fourth-order valence-electron chi connectivity index (χ4n) is 2.94. The lowest BCUT2D eigenvalue weighted by molar-refractivity contribution is 0.214. The second-order valence-electron chi connectivity index (χ2n) is 6.15. The minimum Gasteiger partial charge on any atom is -0.330 e. The monoisotopic (exact) mass is 267 g/mol. The Balaban J connectivity index is 4.18. The van der Waals surface area contributed by atoms with Crippen LogP contribution in [0.4, 0.5) is 0 Å². The van der Waals surface area contributed by atoms with Crippen LogP contribution in [0.15, 0.2) is 12.7 Å². The van der Waals surface area contributed by atoms with Crippen LogP contribution < -0.4 is 5.73 Å². The van der Waals surface area contributed by atoms with Gasteiger partial charge in [-0.2, -0.15) is 0 Å². The fraction of sp³-hybridized carbons (Fsp3) is 0.889. The largest absolute Gasteiger partial charge is 0.330 e. The maximum atomic E-state index is 6.14. The summed E-state index contributed by atoms with van der Waals surface area (Å²) < 4.78 is 0. The van der Waals surface area contributed by atoms with Gasteiger partial charge in [0.25, 0.3) is 0 Å². The van der Waals surface area contributed by atoms with E-state index in [-0.39, 0.29) is 0 Å². The van der Waals surface area contributed by atoms with E-state index in [4.69, 9.17) is 5.73 Å². The maximum absolute atomic E-state index is 6.14. The summed E-state index contributed by atoms with van der Waals surface area (Å²) in [7, 11) is 0. The molecule has 114 valence electrons. The Morgan fingerprint density at radius 1 is 0.842 bits per heavy atom. The average Bonchev–Trinajstić information content (AvgIpc) is 2.45. The minimum atomic E-state index is 0.398. The Labute approximate surface area is 122 Å². The van der Waals surface area contributed by atoms with Crippen molar-refractivity contribution in [2.75, 3.05) is 6.54 Å². The number of nitrogens with two attached hydrogens (primary N) is 1. The number of rotatable bonds is 14. The van der Waals surface area contributed by atoms with Gasteiger partial charge in [0, 0.05) is 0 Å². The van der Waals surface area contributed by atoms with Crippen molar-refractivity contribution in [3.8, 4) is 0 Å². The molecular formula is C18H37N. The lowest BCUT2D eigenvalue weighted by atomic mass is 9.74. The second kappa shape index (κ2) is 12.7. The number of hydrogen-bond acceptors (Lipinski definition) is 1. The van der Waals surface area contributed by atoms with E-state index in [9.17, 15) is 0 Å². The van der Waals surface area contributed by atoms with Crippen LogP contribution in [0.5, 0.6) is 0 Å². The molecule has 0 fully saturated rings. The third kappa shape index (κ3) is 9.27. The molecule has 2 N–H and O–H groups in total. The molecule has 0 aromatic rings. The molecular weight excluding hydrogens is 230 g/mol. The Kier molecular flexibility index (Phi) is 12.5. The van der Waals surface area contributed by atoms with E-state index in [0.29, 0.717) is 5.41 Å². The molecule has 0 radical (unpaired) electrons. The molecule has 0 heterocycles. The van der Waals surface area contributed by atoms with Gasteiger partial charge in [-0.1, -0.05) is 71.3 Å². The Bertz CT molecular complexity index is 186. The molecule has 0 aliphatic heterocycles. The van der Waals surface area contributed by atoms with Gasteiger partial charge in [0.1, 0.15) is 0 Å². The van der Waals surface area contributed by atoms with E-state index in [0.717, 1.165) is 13.0 Å². The summed E-state index contributed by atoms with van der Waals surface area (Å²) in [4.78, 5) is 0. The fourth-order valence-corrected chi connectivity index (χ4v) is 2.94. The van der Waals surface area contributed by atoms with Crippen LogP contribution in [0, 0.1) is 5.41 Å². The van der Waals surface area contributed by atoms with Crippen LogP contribution in [0.1, 0.15) is 90.9 Å². The van der Waals surface area contributed by atoms with E-state index >= 15 is 0 Å². The zero-order valence-electron chi connectivity index (χ0n) is 13.6. The Morgan fingerprint density at radius 2 is 1.37 bits per heavy atom. The third-order valence-corrected chi connectivity index (χ3v) is 4.43. The zero-order chi connectivity index (χ0) is 14.4. The van der Waals surface area contributed by atoms with Crippen LogP contribution in [-0.4, -0.2) is 6.54 Å². The van der Waals surface area contributed by atoms with E-state index in [1.807, 2.05) is 0 Å². The molecule has 0 aromatic carbocycles. The maximum Gasteiger partial charge on any atom is -0.00204 e. The molecule has 0 saturated carbocycles. The van der Waals surface area contributed by atoms with Gasteiger partial charge < -0.3 is 5.73 Å². The van der Waals surface area contributed by atoms with E-state index < -0.39 is 0 Å². The lowest BCUT2D eigenvalue weighted by Crippen LogP contribution is -2.30. The van der Waals surface area contributed by atoms with Gasteiger partial charge >= 0.3 is 0 Å². The van der Waals surface area contributed by atoms with Gasteiger partial charge in [-0.05, 0) is 37.6 Å². The highest BCUT2D eigenvalue weighted by Crippen LogP contribution is 2.35. The van der Waals surface area contributed by atoms with Crippen molar-refractivity contribution in [1.29, 1.82) is 0 Å². The predicted octanol–water partition coefficient (Wildman–Crippen LogP) is 5.84.